The summed E-state index contributed by atoms with van der Waals surface area (Å²) in [4.78, 5) is 31.4. The van der Waals surface area contributed by atoms with Crippen molar-refractivity contribution in [1.29, 1.82) is 0 Å². The third-order valence-corrected chi connectivity index (χ3v) is 9.83. The monoisotopic (exact) mass is 672 g/mol. The van der Waals surface area contributed by atoms with Gasteiger partial charge in [-0.1, -0.05) is 142 Å². The summed E-state index contributed by atoms with van der Waals surface area (Å²) in [6.07, 6.45) is 3.69. The average Bonchev–Trinajstić information content (AvgIpc) is 3.10. The molecule has 1 aliphatic rings. The smallest absolute Gasteiger partial charge is 0.221 e. The van der Waals surface area contributed by atoms with Gasteiger partial charge in [-0.05, 0) is 52.3 Å². The Morgan fingerprint density at radius 3 is 1.36 bits per heavy atom. The van der Waals surface area contributed by atoms with E-state index in [9.17, 15) is 9.59 Å². The molecule has 4 aromatic rings. The van der Waals surface area contributed by atoms with E-state index in [2.05, 4.69) is 138 Å². The molecule has 5 rings (SSSR count). The fraction of sp³-hybridized carbons (Fsp3) is 0.409. The van der Waals surface area contributed by atoms with Gasteiger partial charge in [0.25, 0.3) is 0 Å². The molecule has 6 nitrogen and oxygen atoms in total. The lowest BCUT2D eigenvalue weighted by Crippen LogP contribution is -2.50. The van der Waals surface area contributed by atoms with Gasteiger partial charge in [0.2, 0.25) is 11.8 Å². The molecule has 1 saturated carbocycles. The molecule has 0 aromatic heterocycles. The van der Waals surface area contributed by atoms with E-state index in [0.29, 0.717) is 32.5 Å². The van der Waals surface area contributed by atoms with Gasteiger partial charge < -0.3 is 10.6 Å². The standard InChI is InChI=1S/C44H56N4O2/c1-43(2)28-40(46-42(50)25-27-48(32-38-20-12-6-13-21-38)33-39-22-14-7-15-23-39)29-44(3,34-43)35-45-41(49)24-26-47(30-36-16-8-4-9-17-36)31-37-18-10-5-11-19-37/h4-23,40H,24-35H2,1-3H3,(H,45,49)(H,46,50). The number of hydrogen-bond acceptors (Lipinski definition) is 4. The number of nitrogens with one attached hydrogen (secondary N) is 2. The van der Waals surface area contributed by atoms with Gasteiger partial charge in [-0.3, -0.25) is 19.4 Å². The van der Waals surface area contributed by atoms with Crippen molar-refractivity contribution in [2.24, 2.45) is 10.8 Å². The van der Waals surface area contributed by atoms with E-state index in [-0.39, 0.29) is 28.7 Å². The zero-order chi connectivity index (χ0) is 35.2. The van der Waals surface area contributed by atoms with E-state index in [1.54, 1.807) is 0 Å². The summed E-state index contributed by atoms with van der Waals surface area (Å²) in [6.45, 7) is 12.0. The van der Waals surface area contributed by atoms with Crippen LogP contribution in [-0.4, -0.2) is 47.3 Å². The molecule has 0 spiro atoms. The lowest BCUT2D eigenvalue weighted by Gasteiger charge is -2.47. The molecule has 1 fully saturated rings. The van der Waals surface area contributed by atoms with Crippen LogP contribution < -0.4 is 10.6 Å². The van der Waals surface area contributed by atoms with E-state index < -0.39 is 0 Å². The molecule has 264 valence electrons. The maximum Gasteiger partial charge on any atom is 0.221 e. The third-order valence-electron chi connectivity index (χ3n) is 9.83. The molecule has 50 heavy (non-hydrogen) atoms. The van der Waals surface area contributed by atoms with Crippen LogP contribution in [0.25, 0.3) is 0 Å². The molecule has 0 heterocycles. The van der Waals surface area contributed by atoms with Crippen LogP contribution in [0.2, 0.25) is 0 Å². The quantitative estimate of drug-likeness (QED) is 0.119. The van der Waals surface area contributed by atoms with E-state index in [1.165, 1.54) is 22.3 Å². The molecule has 0 aliphatic heterocycles. The van der Waals surface area contributed by atoms with Gasteiger partial charge in [0.15, 0.2) is 0 Å². The largest absolute Gasteiger partial charge is 0.356 e. The number of nitrogens with zero attached hydrogens (tertiary/aromatic N) is 2. The number of carbonyl (C=O) groups excluding carboxylic acids is 2. The summed E-state index contributed by atoms with van der Waals surface area (Å²) in [7, 11) is 0. The van der Waals surface area contributed by atoms with Crippen molar-refractivity contribution >= 4 is 11.8 Å². The Morgan fingerprint density at radius 2 is 0.960 bits per heavy atom. The fourth-order valence-electron chi connectivity index (χ4n) is 7.88. The SMILES string of the molecule is CC1(C)CC(NC(=O)CCN(Cc2ccccc2)Cc2ccccc2)CC(C)(CNC(=O)CCN(Cc2ccccc2)Cc2ccccc2)C1. The highest BCUT2D eigenvalue weighted by Crippen LogP contribution is 2.45. The molecule has 1 aliphatic carbocycles. The molecular weight excluding hydrogens is 617 g/mol. The van der Waals surface area contributed by atoms with Crippen molar-refractivity contribution in [3.05, 3.63) is 144 Å². The summed E-state index contributed by atoms with van der Waals surface area (Å²) in [5, 5.41) is 6.69. The predicted molar refractivity (Wildman–Crippen MR) is 204 cm³/mol. The van der Waals surface area contributed by atoms with Crippen LogP contribution in [0.3, 0.4) is 0 Å². The van der Waals surface area contributed by atoms with Crippen LogP contribution >= 0.6 is 0 Å². The first-order chi connectivity index (χ1) is 24.1. The normalized spacial score (nSPS) is 18.5. The van der Waals surface area contributed by atoms with Crippen molar-refractivity contribution in [2.45, 2.75) is 85.1 Å². The first kappa shape index (κ1) is 37.0. The summed E-state index contributed by atoms with van der Waals surface area (Å²) >= 11 is 0. The van der Waals surface area contributed by atoms with Crippen molar-refractivity contribution in [1.82, 2.24) is 20.4 Å². The minimum Gasteiger partial charge on any atom is -0.356 e. The first-order valence-corrected chi connectivity index (χ1v) is 18.3. The molecule has 2 unspecified atom stereocenters. The van der Waals surface area contributed by atoms with E-state index in [0.717, 1.165) is 45.4 Å². The van der Waals surface area contributed by atoms with E-state index >= 15 is 0 Å². The topological polar surface area (TPSA) is 64.7 Å². The minimum absolute atomic E-state index is 0.0600. The molecular formula is C44H56N4O2. The zero-order valence-corrected chi connectivity index (χ0v) is 30.3. The van der Waals surface area contributed by atoms with Crippen LogP contribution in [0.4, 0.5) is 0 Å². The Bertz CT molecular complexity index is 1510. The van der Waals surface area contributed by atoms with Crippen molar-refractivity contribution in [3.8, 4) is 0 Å². The van der Waals surface area contributed by atoms with Gasteiger partial charge in [-0.15, -0.1) is 0 Å². The number of carbonyl (C=O) groups is 2. The maximum atomic E-state index is 13.4. The molecule has 6 heteroatoms. The van der Waals surface area contributed by atoms with Crippen LogP contribution in [0.5, 0.6) is 0 Å². The third kappa shape index (κ3) is 12.6. The van der Waals surface area contributed by atoms with Gasteiger partial charge in [0.05, 0.1) is 0 Å². The Kier molecular flexibility index (Phi) is 13.4. The van der Waals surface area contributed by atoms with Gasteiger partial charge in [-0.25, -0.2) is 0 Å². The predicted octanol–water partition coefficient (Wildman–Crippen LogP) is 7.99. The summed E-state index contributed by atoms with van der Waals surface area (Å²) in [6, 6.07) is 41.9. The lowest BCUT2D eigenvalue weighted by molar-refractivity contribution is -0.124. The van der Waals surface area contributed by atoms with Crippen molar-refractivity contribution in [2.75, 3.05) is 19.6 Å². The highest BCUT2D eigenvalue weighted by atomic mass is 16.2. The Balaban J connectivity index is 1.12. The van der Waals surface area contributed by atoms with E-state index in [1.807, 2.05) is 24.3 Å². The Morgan fingerprint density at radius 1 is 0.580 bits per heavy atom. The molecule has 0 bridgehead atoms. The highest BCUT2D eigenvalue weighted by Gasteiger charge is 2.41. The van der Waals surface area contributed by atoms with Crippen LogP contribution in [0.1, 0.15) is 75.1 Å². The molecule has 2 atom stereocenters. The first-order valence-electron chi connectivity index (χ1n) is 18.3. The number of rotatable bonds is 17. The number of hydrogen-bond donors (Lipinski definition) is 2. The maximum absolute atomic E-state index is 13.4. The van der Waals surface area contributed by atoms with E-state index in [4.69, 9.17) is 0 Å². The van der Waals surface area contributed by atoms with Crippen molar-refractivity contribution < 1.29 is 9.59 Å². The van der Waals surface area contributed by atoms with Crippen LogP contribution in [-0.2, 0) is 35.8 Å². The minimum atomic E-state index is -0.101. The Hall–Kier alpha value is -4.26. The fourth-order valence-corrected chi connectivity index (χ4v) is 7.88. The second kappa shape index (κ2) is 18.1. The van der Waals surface area contributed by atoms with Gasteiger partial charge in [0, 0.05) is 64.7 Å². The summed E-state index contributed by atoms with van der Waals surface area (Å²) in [5.74, 6) is 0.181. The number of benzene rings is 4. The number of amides is 2. The molecule has 2 N–H and O–H groups in total. The van der Waals surface area contributed by atoms with Gasteiger partial charge in [0.1, 0.15) is 0 Å². The Labute approximate surface area is 300 Å². The van der Waals surface area contributed by atoms with Crippen molar-refractivity contribution in [3.63, 3.8) is 0 Å². The molecule has 2 amide bonds. The summed E-state index contributed by atoms with van der Waals surface area (Å²) < 4.78 is 0. The highest BCUT2D eigenvalue weighted by molar-refractivity contribution is 5.77. The molecule has 4 aromatic carbocycles. The zero-order valence-electron chi connectivity index (χ0n) is 30.3. The molecule has 0 radical (unpaired) electrons. The summed E-state index contributed by atoms with van der Waals surface area (Å²) in [5.41, 5.74) is 4.94. The van der Waals surface area contributed by atoms with Gasteiger partial charge in [-0.2, -0.15) is 0 Å². The second-order valence-corrected chi connectivity index (χ2v) is 15.5. The molecule has 0 saturated heterocycles. The van der Waals surface area contributed by atoms with Gasteiger partial charge >= 0.3 is 0 Å². The second-order valence-electron chi connectivity index (χ2n) is 15.5. The average molecular weight is 673 g/mol. The lowest BCUT2D eigenvalue weighted by atomic mass is 9.62. The van der Waals surface area contributed by atoms with Crippen LogP contribution in [0, 0.1) is 10.8 Å². The van der Waals surface area contributed by atoms with Crippen LogP contribution in [0.15, 0.2) is 121 Å².